The van der Waals surface area contributed by atoms with Crippen molar-refractivity contribution in [3.8, 4) is 0 Å². The van der Waals surface area contributed by atoms with Gasteiger partial charge in [-0.2, -0.15) is 0 Å². The minimum Gasteiger partial charge on any atom is -0.343 e. The number of para-hydroxylation sites is 1. The van der Waals surface area contributed by atoms with Gasteiger partial charge in [0.1, 0.15) is 0 Å². The van der Waals surface area contributed by atoms with Gasteiger partial charge in [0.05, 0.1) is 5.52 Å². The Labute approximate surface area is 121 Å². The van der Waals surface area contributed by atoms with Crippen LogP contribution in [0.3, 0.4) is 0 Å². The fourth-order valence-electron chi connectivity index (χ4n) is 3.46. The molecule has 0 spiro atoms. The van der Waals surface area contributed by atoms with Crippen LogP contribution < -0.4 is 5.73 Å². The molecule has 1 saturated heterocycles. The molecule has 1 fully saturated rings. The lowest BCUT2D eigenvalue weighted by Gasteiger charge is -2.26. The molecule has 108 valence electrons. The first-order chi connectivity index (χ1) is 9.83. The van der Waals surface area contributed by atoms with Gasteiger partial charge in [0, 0.05) is 30.7 Å². The third kappa shape index (κ3) is 2.48. The maximum absolute atomic E-state index is 5.91. The van der Waals surface area contributed by atoms with Crippen LogP contribution >= 0.6 is 0 Å². The van der Waals surface area contributed by atoms with Crippen LogP contribution in [0, 0.1) is 0 Å². The van der Waals surface area contributed by atoms with Crippen LogP contribution in [0.4, 0.5) is 0 Å². The van der Waals surface area contributed by atoms with Crippen LogP contribution in [0.15, 0.2) is 24.3 Å². The van der Waals surface area contributed by atoms with Crippen LogP contribution in [0.2, 0.25) is 0 Å². The van der Waals surface area contributed by atoms with E-state index < -0.39 is 0 Å². The zero-order valence-electron chi connectivity index (χ0n) is 12.4. The van der Waals surface area contributed by atoms with Crippen molar-refractivity contribution >= 4 is 10.9 Å². The van der Waals surface area contributed by atoms with E-state index in [1.807, 2.05) is 0 Å². The first kappa shape index (κ1) is 13.7. The summed E-state index contributed by atoms with van der Waals surface area (Å²) in [5.74, 6) is 0. The van der Waals surface area contributed by atoms with E-state index in [0.29, 0.717) is 6.54 Å². The van der Waals surface area contributed by atoms with Gasteiger partial charge in [-0.1, -0.05) is 24.6 Å². The average Bonchev–Trinajstić information content (AvgIpc) is 2.85. The Morgan fingerprint density at radius 1 is 1.15 bits per heavy atom. The normalized spacial score (nSPS) is 16.9. The maximum atomic E-state index is 5.91. The van der Waals surface area contributed by atoms with Crippen molar-refractivity contribution in [1.82, 2.24) is 9.47 Å². The van der Waals surface area contributed by atoms with Crippen molar-refractivity contribution in [3.05, 3.63) is 35.5 Å². The van der Waals surface area contributed by atoms with Crippen LogP contribution in [0.25, 0.3) is 10.9 Å². The highest BCUT2D eigenvalue weighted by atomic mass is 15.1. The third-order valence-corrected chi connectivity index (χ3v) is 4.46. The number of aryl methyl sites for hydroxylation is 1. The topological polar surface area (TPSA) is 34.2 Å². The Morgan fingerprint density at radius 3 is 2.65 bits per heavy atom. The van der Waals surface area contributed by atoms with E-state index in [0.717, 1.165) is 13.1 Å². The molecule has 0 radical (unpaired) electrons. The number of aromatic nitrogens is 1. The van der Waals surface area contributed by atoms with E-state index in [4.69, 9.17) is 5.73 Å². The molecule has 1 aliphatic heterocycles. The number of fused-ring (bicyclic) bond motifs is 1. The fraction of sp³-hybridized carbons (Fsp3) is 0.529. The maximum Gasteiger partial charge on any atom is 0.0528 e. The lowest BCUT2D eigenvalue weighted by Crippen LogP contribution is -2.30. The summed E-state index contributed by atoms with van der Waals surface area (Å²) in [4.78, 5) is 2.59. The summed E-state index contributed by atoms with van der Waals surface area (Å²) in [6, 6.07) is 8.83. The third-order valence-electron chi connectivity index (χ3n) is 4.46. The highest BCUT2D eigenvalue weighted by Gasteiger charge is 2.15. The van der Waals surface area contributed by atoms with E-state index in [1.165, 1.54) is 54.5 Å². The molecule has 1 aromatic heterocycles. The van der Waals surface area contributed by atoms with E-state index in [9.17, 15) is 0 Å². The molecule has 3 heteroatoms. The number of benzene rings is 1. The molecular formula is C17H25N3. The summed E-state index contributed by atoms with van der Waals surface area (Å²) in [7, 11) is 0. The molecule has 3 nitrogen and oxygen atoms in total. The van der Waals surface area contributed by atoms with Crippen molar-refractivity contribution in [3.63, 3.8) is 0 Å². The number of likely N-dealkylation sites (tertiary alicyclic amines) is 1. The Morgan fingerprint density at radius 2 is 1.95 bits per heavy atom. The first-order valence-corrected chi connectivity index (χ1v) is 7.86. The lowest BCUT2D eigenvalue weighted by molar-refractivity contribution is 0.216. The van der Waals surface area contributed by atoms with Crippen LogP contribution in [-0.2, 0) is 19.6 Å². The molecule has 20 heavy (non-hydrogen) atoms. The molecule has 3 rings (SSSR count). The van der Waals surface area contributed by atoms with Gasteiger partial charge < -0.3 is 10.3 Å². The second-order valence-electron chi connectivity index (χ2n) is 5.78. The van der Waals surface area contributed by atoms with Gasteiger partial charge in [-0.15, -0.1) is 0 Å². The van der Waals surface area contributed by atoms with E-state index in [-0.39, 0.29) is 0 Å². The molecule has 0 saturated carbocycles. The number of nitrogens with zero attached hydrogens (tertiary/aromatic N) is 2. The summed E-state index contributed by atoms with van der Waals surface area (Å²) in [5.41, 5.74) is 9.94. The van der Waals surface area contributed by atoms with Gasteiger partial charge in [-0.3, -0.25) is 4.90 Å². The minimum atomic E-state index is 0.616. The Bertz CT molecular complexity index is 579. The van der Waals surface area contributed by atoms with E-state index in [2.05, 4.69) is 40.7 Å². The van der Waals surface area contributed by atoms with Crippen molar-refractivity contribution in [1.29, 1.82) is 0 Å². The Balaban J connectivity index is 1.97. The predicted octanol–water partition coefficient (Wildman–Crippen LogP) is 3.11. The van der Waals surface area contributed by atoms with E-state index >= 15 is 0 Å². The fourth-order valence-corrected chi connectivity index (χ4v) is 3.46. The van der Waals surface area contributed by atoms with Gasteiger partial charge in [0.15, 0.2) is 0 Å². The first-order valence-electron chi connectivity index (χ1n) is 7.86. The van der Waals surface area contributed by atoms with Crippen LogP contribution in [0.5, 0.6) is 0 Å². The molecule has 0 aliphatic carbocycles. The number of hydrogen-bond acceptors (Lipinski definition) is 2. The monoisotopic (exact) mass is 271 g/mol. The molecule has 1 aliphatic rings. The van der Waals surface area contributed by atoms with E-state index in [1.54, 1.807) is 0 Å². The highest BCUT2D eigenvalue weighted by molar-refractivity contribution is 5.84. The number of nitrogens with two attached hydrogens (primary N) is 1. The quantitative estimate of drug-likeness (QED) is 0.927. The molecule has 0 unspecified atom stereocenters. The summed E-state index contributed by atoms with van der Waals surface area (Å²) in [6.45, 7) is 7.43. The van der Waals surface area contributed by atoms with Crippen molar-refractivity contribution in [2.24, 2.45) is 5.73 Å². The molecule has 2 heterocycles. The standard InChI is InChI=1S/C17H25N3/c1-2-20-16(13-19-9-4-3-5-10-19)11-14-7-6-8-15(12-18)17(14)20/h6-8,11H,2-5,9-10,12-13,18H2,1H3. The van der Waals surface area contributed by atoms with Crippen molar-refractivity contribution in [2.45, 2.75) is 45.8 Å². The summed E-state index contributed by atoms with van der Waals surface area (Å²) < 4.78 is 2.45. The molecule has 1 aromatic carbocycles. The second-order valence-corrected chi connectivity index (χ2v) is 5.78. The van der Waals surface area contributed by atoms with Gasteiger partial charge in [0.2, 0.25) is 0 Å². The zero-order valence-corrected chi connectivity index (χ0v) is 12.4. The van der Waals surface area contributed by atoms with Gasteiger partial charge in [0.25, 0.3) is 0 Å². The second kappa shape index (κ2) is 5.98. The van der Waals surface area contributed by atoms with Crippen LogP contribution in [-0.4, -0.2) is 22.6 Å². The van der Waals surface area contributed by atoms with Gasteiger partial charge >= 0.3 is 0 Å². The van der Waals surface area contributed by atoms with Gasteiger partial charge in [-0.25, -0.2) is 0 Å². The average molecular weight is 271 g/mol. The molecular weight excluding hydrogens is 246 g/mol. The zero-order chi connectivity index (χ0) is 13.9. The smallest absolute Gasteiger partial charge is 0.0528 e. The molecule has 2 N–H and O–H groups in total. The molecule has 0 atom stereocenters. The largest absolute Gasteiger partial charge is 0.343 e. The van der Waals surface area contributed by atoms with Crippen LogP contribution in [0.1, 0.15) is 37.4 Å². The summed E-state index contributed by atoms with van der Waals surface area (Å²) in [5, 5.41) is 1.34. The lowest BCUT2D eigenvalue weighted by atomic mass is 10.1. The minimum absolute atomic E-state index is 0.616. The number of rotatable bonds is 4. The summed E-state index contributed by atoms with van der Waals surface area (Å²) >= 11 is 0. The summed E-state index contributed by atoms with van der Waals surface area (Å²) in [6.07, 6.45) is 4.09. The predicted molar refractivity (Wildman–Crippen MR) is 84.6 cm³/mol. The van der Waals surface area contributed by atoms with Crippen molar-refractivity contribution in [2.75, 3.05) is 13.1 Å². The van der Waals surface area contributed by atoms with Gasteiger partial charge in [-0.05, 0) is 44.5 Å². The Kier molecular flexibility index (Phi) is 4.08. The highest BCUT2D eigenvalue weighted by Crippen LogP contribution is 2.25. The molecule has 0 bridgehead atoms. The SMILES string of the molecule is CCn1c(CN2CCCCC2)cc2cccc(CN)c21. The van der Waals surface area contributed by atoms with Crippen molar-refractivity contribution < 1.29 is 0 Å². The number of hydrogen-bond donors (Lipinski definition) is 1. The number of piperidine rings is 1. The Hall–Kier alpha value is -1.32. The molecule has 2 aromatic rings. The molecule has 0 amide bonds.